The number of amides is 1. The van der Waals surface area contributed by atoms with Gasteiger partial charge in [0.15, 0.2) is 0 Å². The Balaban J connectivity index is 0.00000144. The smallest absolute Gasteiger partial charge is 0.228 e. The molecule has 0 spiro atoms. The SMILES string of the molecule is CC1CCCN1C(=O)Cc1ccc(N)cn1.Cl. The van der Waals surface area contributed by atoms with E-state index in [4.69, 9.17) is 5.73 Å². The van der Waals surface area contributed by atoms with Gasteiger partial charge in [0.2, 0.25) is 5.91 Å². The predicted octanol–water partition coefficient (Wildman–Crippen LogP) is 1.64. The minimum Gasteiger partial charge on any atom is -0.397 e. The molecule has 1 aromatic rings. The Hall–Kier alpha value is -1.29. The van der Waals surface area contributed by atoms with Gasteiger partial charge >= 0.3 is 0 Å². The van der Waals surface area contributed by atoms with Gasteiger partial charge in [0.25, 0.3) is 0 Å². The Morgan fingerprint density at radius 2 is 2.35 bits per heavy atom. The summed E-state index contributed by atoms with van der Waals surface area (Å²) in [4.78, 5) is 18.0. The van der Waals surface area contributed by atoms with E-state index in [1.807, 2.05) is 11.0 Å². The first-order chi connectivity index (χ1) is 7.66. The van der Waals surface area contributed by atoms with Crippen molar-refractivity contribution in [1.29, 1.82) is 0 Å². The van der Waals surface area contributed by atoms with Crippen LogP contribution in [0.1, 0.15) is 25.5 Å². The zero-order chi connectivity index (χ0) is 11.5. The monoisotopic (exact) mass is 255 g/mol. The highest BCUT2D eigenvalue weighted by molar-refractivity contribution is 5.85. The maximum absolute atomic E-state index is 12.0. The first kappa shape index (κ1) is 13.8. The number of nitrogens with two attached hydrogens (primary N) is 1. The van der Waals surface area contributed by atoms with Crippen LogP contribution < -0.4 is 5.73 Å². The molecule has 94 valence electrons. The van der Waals surface area contributed by atoms with Crippen LogP contribution in [-0.4, -0.2) is 28.4 Å². The lowest BCUT2D eigenvalue weighted by atomic mass is 10.2. The van der Waals surface area contributed by atoms with Gasteiger partial charge in [-0.3, -0.25) is 9.78 Å². The summed E-state index contributed by atoms with van der Waals surface area (Å²) < 4.78 is 0. The number of rotatable bonds is 2. The number of pyridine rings is 1. The Labute approximate surface area is 108 Å². The van der Waals surface area contributed by atoms with E-state index in [1.54, 1.807) is 12.3 Å². The van der Waals surface area contributed by atoms with E-state index in [1.165, 1.54) is 0 Å². The molecule has 2 heterocycles. The molecule has 0 saturated carbocycles. The van der Waals surface area contributed by atoms with Crippen molar-refractivity contribution in [3.63, 3.8) is 0 Å². The average molecular weight is 256 g/mol. The number of likely N-dealkylation sites (tertiary alicyclic amines) is 1. The maximum atomic E-state index is 12.0. The van der Waals surface area contributed by atoms with Gasteiger partial charge in [0, 0.05) is 18.3 Å². The molecule has 17 heavy (non-hydrogen) atoms. The van der Waals surface area contributed by atoms with E-state index in [9.17, 15) is 4.79 Å². The van der Waals surface area contributed by atoms with Crippen molar-refractivity contribution < 1.29 is 4.79 Å². The topological polar surface area (TPSA) is 59.2 Å². The number of halogens is 1. The molecule has 1 aliphatic rings. The highest BCUT2D eigenvalue weighted by Gasteiger charge is 2.24. The van der Waals surface area contributed by atoms with E-state index in [0.717, 1.165) is 25.1 Å². The Morgan fingerprint density at radius 3 is 2.88 bits per heavy atom. The second-order valence-corrected chi connectivity index (χ2v) is 4.34. The fourth-order valence-corrected chi connectivity index (χ4v) is 2.10. The van der Waals surface area contributed by atoms with E-state index in [2.05, 4.69) is 11.9 Å². The van der Waals surface area contributed by atoms with Crippen LogP contribution in [-0.2, 0) is 11.2 Å². The Kier molecular flexibility index (Phi) is 4.75. The van der Waals surface area contributed by atoms with Crippen LogP contribution in [0.4, 0.5) is 5.69 Å². The third-order valence-corrected chi connectivity index (χ3v) is 3.05. The van der Waals surface area contributed by atoms with Crippen LogP contribution in [0.2, 0.25) is 0 Å². The third kappa shape index (κ3) is 3.33. The quantitative estimate of drug-likeness (QED) is 0.874. The lowest BCUT2D eigenvalue weighted by Crippen LogP contribution is -2.34. The molecular formula is C12H18ClN3O. The van der Waals surface area contributed by atoms with Gasteiger partial charge in [0.05, 0.1) is 18.3 Å². The second kappa shape index (κ2) is 5.87. The van der Waals surface area contributed by atoms with Crippen molar-refractivity contribution in [3.05, 3.63) is 24.0 Å². The molecule has 0 aromatic carbocycles. The molecule has 1 fully saturated rings. The highest BCUT2D eigenvalue weighted by Crippen LogP contribution is 2.17. The van der Waals surface area contributed by atoms with Crippen molar-refractivity contribution in [1.82, 2.24) is 9.88 Å². The van der Waals surface area contributed by atoms with E-state index >= 15 is 0 Å². The summed E-state index contributed by atoms with van der Waals surface area (Å²) in [7, 11) is 0. The number of anilines is 1. The number of aromatic nitrogens is 1. The summed E-state index contributed by atoms with van der Waals surface area (Å²) >= 11 is 0. The minimum atomic E-state index is 0. The summed E-state index contributed by atoms with van der Waals surface area (Å²) in [5, 5.41) is 0. The maximum Gasteiger partial charge on any atom is 0.228 e. The molecule has 1 aromatic heterocycles. The highest BCUT2D eigenvalue weighted by atomic mass is 35.5. The molecule has 0 aliphatic carbocycles. The van der Waals surface area contributed by atoms with Gasteiger partial charge in [-0.15, -0.1) is 12.4 Å². The van der Waals surface area contributed by atoms with Crippen molar-refractivity contribution in [2.75, 3.05) is 12.3 Å². The van der Waals surface area contributed by atoms with Crippen LogP contribution in [0.3, 0.4) is 0 Å². The molecule has 1 amide bonds. The zero-order valence-corrected chi connectivity index (χ0v) is 10.7. The van der Waals surface area contributed by atoms with Gasteiger partial charge in [-0.05, 0) is 31.9 Å². The Bertz CT molecular complexity index is 380. The largest absolute Gasteiger partial charge is 0.397 e. The summed E-state index contributed by atoms with van der Waals surface area (Å²) in [5.74, 6) is 0.169. The lowest BCUT2D eigenvalue weighted by Gasteiger charge is -2.21. The fraction of sp³-hybridized carbons (Fsp3) is 0.500. The van der Waals surface area contributed by atoms with Crippen molar-refractivity contribution in [2.45, 2.75) is 32.2 Å². The van der Waals surface area contributed by atoms with Gasteiger partial charge in [-0.1, -0.05) is 0 Å². The number of carbonyl (C=O) groups excluding carboxylic acids is 1. The van der Waals surface area contributed by atoms with Crippen molar-refractivity contribution in [3.8, 4) is 0 Å². The summed E-state index contributed by atoms with van der Waals surface area (Å²) in [6.45, 7) is 2.98. The molecule has 4 nitrogen and oxygen atoms in total. The number of nitrogens with zero attached hydrogens (tertiary/aromatic N) is 2. The van der Waals surface area contributed by atoms with Crippen molar-refractivity contribution >= 4 is 24.0 Å². The summed E-state index contributed by atoms with van der Waals surface area (Å²) in [5.41, 5.74) is 6.96. The molecule has 1 unspecified atom stereocenters. The van der Waals surface area contributed by atoms with Gasteiger partial charge in [-0.25, -0.2) is 0 Å². The summed E-state index contributed by atoms with van der Waals surface area (Å²) in [6.07, 6.45) is 4.20. The molecular weight excluding hydrogens is 238 g/mol. The van der Waals surface area contributed by atoms with E-state index in [-0.39, 0.29) is 18.3 Å². The zero-order valence-electron chi connectivity index (χ0n) is 9.93. The van der Waals surface area contributed by atoms with Crippen molar-refractivity contribution in [2.24, 2.45) is 0 Å². The molecule has 0 radical (unpaired) electrons. The Morgan fingerprint density at radius 1 is 1.59 bits per heavy atom. The number of carbonyl (C=O) groups is 1. The molecule has 1 aliphatic heterocycles. The van der Waals surface area contributed by atoms with Crippen LogP contribution >= 0.6 is 12.4 Å². The van der Waals surface area contributed by atoms with Crippen LogP contribution in [0.25, 0.3) is 0 Å². The van der Waals surface area contributed by atoms with Crippen LogP contribution in [0.15, 0.2) is 18.3 Å². The lowest BCUT2D eigenvalue weighted by molar-refractivity contribution is -0.131. The molecule has 5 heteroatoms. The molecule has 0 bridgehead atoms. The number of hydrogen-bond donors (Lipinski definition) is 1. The molecule has 2 rings (SSSR count). The van der Waals surface area contributed by atoms with Gasteiger partial charge in [-0.2, -0.15) is 0 Å². The number of hydrogen-bond acceptors (Lipinski definition) is 3. The predicted molar refractivity (Wildman–Crippen MR) is 70.0 cm³/mol. The van der Waals surface area contributed by atoms with Crippen LogP contribution in [0, 0.1) is 0 Å². The molecule has 1 saturated heterocycles. The van der Waals surface area contributed by atoms with Gasteiger partial charge in [0.1, 0.15) is 0 Å². The normalized spacial score (nSPS) is 18.9. The van der Waals surface area contributed by atoms with E-state index in [0.29, 0.717) is 18.2 Å². The first-order valence-corrected chi connectivity index (χ1v) is 5.66. The second-order valence-electron chi connectivity index (χ2n) is 4.34. The first-order valence-electron chi connectivity index (χ1n) is 5.66. The van der Waals surface area contributed by atoms with Gasteiger partial charge < -0.3 is 10.6 Å². The third-order valence-electron chi connectivity index (χ3n) is 3.05. The average Bonchev–Trinajstić information content (AvgIpc) is 2.68. The van der Waals surface area contributed by atoms with E-state index < -0.39 is 0 Å². The van der Waals surface area contributed by atoms with Crippen LogP contribution in [0.5, 0.6) is 0 Å². The number of nitrogen functional groups attached to an aromatic ring is 1. The standard InChI is InChI=1S/C12H17N3O.ClH/c1-9-3-2-6-15(9)12(16)7-11-5-4-10(13)8-14-11;/h4-5,8-9H,2-3,6-7,13H2,1H3;1H. The fourth-order valence-electron chi connectivity index (χ4n) is 2.10. The molecule has 1 atom stereocenters. The summed E-state index contributed by atoms with van der Waals surface area (Å²) in [6, 6.07) is 3.97. The minimum absolute atomic E-state index is 0. The molecule has 2 N–H and O–H groups in total.